The molecule has 0 amide bonds. The van der Waals surface area contributed by atoms with Gasteiger partial charge in [0.1, 0.15) is 11.5 Å². The van der Waals surface area contributed by atoms with Crippen LogP contribution in [-0.2, 0) is 11.2 Å². The predicted molar refractivity (Wildman–Crippen MR) is 113 cm³/mol. The summed E-state index contributed by atoms with van der Waals surface area (Å²) in [6.07, 6.45) is 3.82. The van der Waals surface area contributed by atoms with E-state index in [1.165, 1.54) is 5.56 Å². The second-order valence-electron chi connectivity index (χ2n) is 6.83. The number of aliphatic imine (C=N–C) groups is 1. The molecule has 2 aromatic carbocycles. The number of hydrogen-bond donors (Lipinski definition) is 0. The van der Waals surface area contributed by atoms with Gasteiger partial charge in [-0.3, -0.25) is 9.89 Å². The third kappa shape index (κ3) is 6.66. The Bertz CT molecular complexity index is 728. The van der Waals surface area contributed by atoms with Crippen LogP contribution in [-0.4, -0.2) is 64.2 Å². The molecule has 0 bridgehead atoms. The quantitative estimate of drug-likeness (QED) is 0.466. The Morgan fingerprint density at radius 1 is 1.11 bits per heavy atom. The molecule has 0 atom stereocenters. The van der Waals surface area contributed by atoms with E-state index >= 15 is 0 Å². The lowest BCUT2D eigenvalue weighted by Gasteiger charge is -2.26. The largest absolute Gasteiger partial charge is 0.497 e. The Kier molecular flexibility index (Phi) is 8.34. The van der Waals surface area contributed by atoms with E-state index in [1.54, 1.807) is 7.11 Å². The Morgan fingerprint density at radius 2 is 1.93 bits per heavy atom. The molecule has 1 aliphatic rings. The number of benzene rings is 2. The van der Waals surface area contributed by atoms with Gasteiger partial charge in [-0.2, -0.15) is 0 Å². The number of methoxy groups -OCH3 is 1. The molecule has 0 radical (unpaired) electrons. The summed E-state index contributed by atoms with van der Waals surface area (Å²) in [5, 5.41) is 0. The molecule has 1 saturated heterocycles. The first kappa shape index (κ1) is 20.4. The molecule has 0 aliphatic carbocycles. The SMILES string of the molecule is COc1ccc(OCCCN2CCOCC2)c(/C=N/CCc2ccccc2)c1. The van der Waals surface area contributed by atoms with Gasteiger partial charge in [-0.25, -0.2) is 0 Å². The molecule has 1 aliphatic heterocycles. The third-order valence-corrected chi connectivity index (χ3v) is 4.80. The Hall–Kier alpha value is -2.37. The van der Waals surface area contributed by atoms with Crippen molar-refractivity contribution in [3.8, 4) is 11.5 Å². The number of ether oxygens (including phenoxy) is 3. The van der Waals surface area contributed by atoms with Gasteiger partial charge in [0, 0.05) is 38.0 Å². The van der Waals surface area contributed by atoms with Gasteiger partial charge in [-0.15, -0.1) is 0 Å². The molecule has 0 unspecified atom stereocenters. The molecule has 0 aromatic heterocycles. The highest BCUT2D eigenvalue weighted by atomic mass is 16.5. The van der Waals surface area contributed by atoms with Gasteiger partial charge >= 0.3 is 0 Å². The van der Waals surface area contributed by atoms with Gasteiger partial charge in [0.2, 0.25) is 0 Å². The highest BCUT2D eigenvalue weighted by Crippen LogP contribution is 2.23. The summed E-state index contributed by atoms with van der Waals surface area (Å²) in [6, 6.07) is 16.3. The highest BCUT2D eigenvalue weighted by molar-refractivity contribution is 5.84. The van der Waals surface area contributed by atoms with Crippen molar-refractivity contribution in [1.29, 1.82) is 0 Å². The zero-order valence-corrected chi connectivity index (χ0v) is 16.7. The number of rotatable bonds is 10. The maximum absolute atomic E-state index is 6.04. The van der Waals surface area contributed by atoms with Crippen LogP contribution in [0.5, 0.6) is 11.5 Å². The van der Waals surface area contributed by atoms with Gasteiger partial charge < -0.3 is 14.2 Å². The normalized spacial score (nSPS) is 15.0. The lowest BCUT2D eigenvalue weighted by Crippen LogP contribution is -2.37. The van der Waals surface area contributed by atoms with Crippen LogP contribution in [0.2, 0.25) is 0 Å². The maximum Gasteiger partial charge on any atom is 0.128 e. The average molecular weight is 383 g/mol. The molecule has 5 heteroatoms. The van der Waals surface area contributed by atoms with Crippen molar-refractivity contribution >= 4 is 6.21 Å². The van der Waals surface area contributed by atoms with E-state index in [9.17, 15) is 0 Å². The highest BCUT2D eigenvalue weighted by Gasteiger charge is 2.10. The first-order valence-corrected chi connectivity index (χ1v) is 10.00. The van der Waals surface area contributed by atoms with Crippen LogP contribution in [0.3, 0.4) is 0 Å². The number of nitrogens with zero attached hydrogens (tertiary/aromatic N) is 2. The van der Waals surface area contributed by atoms with Crippen LogP contribution in [0.15, 0.2) is 53.5 Å². The zero-order valence-electron chi connectivity index (χ0n) is 16.7. The van der Waals surface area contributed by atoms with Crippen molar-refractivity contribution in [3.05, 3.63) is 59.7 Å². The summed E-state index contributed by atoms with van der Waals surface area (Å²) >= 11 is 0. The molecular formula is C23H30N2O3. The van der Waals surface area contributed by atoms with E-state index in [0.29, 0.717) is 6.61 Å². The van der Waals surface area contributed by atoms with Crippen LogP contribution in [0.1, 0.15) is 17.5 Å². The summed E-state index contributed by atoms with van der Waals surface area (Å²) in [5.41, 5.74) is 2.25. The number of hydrogen-bond acceptors (Lipinski definition) is 5. The van der Waals surface area contributed by atoms with E-state index in [4.69, 9.17) is 14.2 Å². The van der Waals surface area contributed by atoms with Crippen molar-refractivity contribution in [2.24, 2.45) is 4.99 Å². The van der Waals surface area contributed by atoms with Crippen LogP contribution in [0, 0.1) is 0 Å². The first-order valence-electron chi connectivity index (χ1n) is 10.00. The molecule has 1 heterocycles. The van der Waals surface area contributed by atoms with E-state index in [2.05, 4.69) is 34.2 Å². The first-order chi connectivity index (χ1) is 13.8. The maximum atomic E-state index is 6.04. The monoisotopic (exact) mass is 382 g/mol. The zero-order chi connectivity index (χ0) is 19.4. The third-order valence-electron chi connectivity index (χ3n) is 4.80. The number of morpholine rings is 1. The van der Waals surface area contributed by atoms with E-state index in [-0.39, 0.29) is 0 Å². The minimum atomic E-state index is 0.689. The van der Waals surface area contributed by atoms with Gasteiger partial charge in [-0.1, -0.05) is 30.3 Å². The summed E-state index contributed by atoms with van der Waals surface area (Å²) in [6.45, 7) is 6.18. The fourth-order valence-corrected chi connectivity index (χ4v) is 3.18. The molecule has 28 heavy (non-hydrogen) atoms. The van der Waals surface area contributed by atoms with Gasteiger partial charge in [0.25, 0.3) is 0 Å². The van der Waals surface area contributed by atoms with Gasteiger partial charge in [-0.05, 0) is 36.6 Å². The summed E-state index contributed by atoms with van der Waals surface area (Å²) in [5.74, 6) is 1.66. The smallest absolute Gasteiger partial charge is 0.128 e. The minimum absolute atomic E-state index is 0.689. The summed E-state index contributed by atoms with van der Waals surface area (Å²) < 4.78 is 16.8. The molecule has 150 valence electrons. The van der Waals surface area contributed by atoms with Crippen molar-refractivity contribution in [1.82, 2.24) is 4.90 Å². The van der Waals surface area contributed by atoms with Crippen molar-refractivity contribution < 1.29 is 14.2 Å². The standard InChI is InChI=1S/C23H30N2O3/c1-26-22-8-9-23(28-15-5-12-25-13-16-27-17-14-25)21(18-22)19-24-11-10-20-6-3-2-4-7-20/h2-4,6-9,18-19H,5,10-17H2,1H3/b24-19+. The molecule has 2 aromatic rings. The van der Waals surface area contributed by atoms with Crippen molar-refractivity contribution in [2.75, 3.05) is 53.1 Å². The molecule has 5 nitrogen and oxygen atoms in total. The van der Waals surface area contributed by atoms with Crippen molar-refractivity contribution in [2.45, 2.75) is 12.8 Å². The predicted octanol–water partition coefficient (Wildman–Crippen LogP) is 3.46. The van der Waals surface area contributed by atoms with Crippen LogP contribution >= 0.6 is 0 Å². The van der Waals surface area contributed by atoms with E-state index in [0.717, 1.165) is 69.3 Å². The molecular weight excluding hydrogens is 352 g/mol. The van der Waals surface area contributed by atoms with Crippen LogP contribution < -0.4 is 9.47 Å². The van der Waals surface area contributed by atoms with Crippen molar-refractivity contribution in [3.63, 3.8) is 0 Å². The summed E-state index contributed by atoms with van der Waals surface area (Å²) in [7, 11) is 1.68. The molecule has 0 N–H and O–H groups in total. The van der Waals surface area contributed by atoms with Gasteiger partial charge in [0.05, 0.1) is 26.9 Å². The minimum Gasteiger partial charge on any atom is -0.497 e. The Labute approximate surface area is 167 Å². The molecule has 0 spiro atoms. The van der Waals surface area contributed by atoms with Crippen LogP contribution in [0.4, 0.5) is 0 Å². The Morgan fingerprint density at radius 3 is 2.71 bits per heavy atom. The Balaban J connectivity index is 1.51. The molecule has 1 fully saturated rings. The van der Waals surface area contributed by atoms with Gasteiger partial charge in [0.15, 0.2) is 0 Å². The lowest BCUT2D eigenvalue weighted by atomic mass is 10.1. The van der Waals surface area contributed by atoms with E-state index < -0.39 is 0 Å². The lowest BCUT2D eigenvalue weighted by molar-refractivity contribution is 0.0358. The second-order valence-corrected chi connectivity index (χ2v) is 6.83. The molecule has 0 saturated carbocycles. The fraction of sp³-hybridized carbons (Fsp3) is 0.435. The van der Waals surface area contributed by atoms with E-state index in [1.807, 2.05) is 30.5 Å². The summed E-state index contributed by atoms with van der Waals surface area (Å²) in [4.78, 5) is 7.02. The average Bonchev–Trinajstić information content (AvgIpc) is 2.76. The molecule has 3 rings (SSSR count). The topological polar surface area (TPSA) is 43.3 Å². The second kappa shape index (κ2) is 11.5. The van der Waals surface area contributed by atoms with Crippen LogP contribution in [0.25, 0.3) is 0 Å². The fourth-order valence-electron chi connectivity index (χ4n) is 3.18.